The van der Waals surface area contributed by atoms with E-state index < -0.39 is 0 Å². The molecule has 0 amide bonds. The summed E-state index contributed by atoms with van der Waals surface area (Å²) in [5.41, 5.74) is 4.86. The summed E-state index contributed by atoms with van der Waals surface area (Å²) in [7, 11) is 0. The molecule has 0 bridgehead atoms. The second kappa shape index (κ2) is 4.83. The van der Waals surface area contributed by atoms with E-state index in [1.165, 1.54) is 23.2 Å². The first-order chi connectivity index (χ1) is 8.72. The zero-order valence-electron chi connectivity index (χ0n) is 9.84. The van der Waals surface area contributed by atoms with E-state index in [1.807, 2.05) is 12.1 Å². The van der Waals surface area contributed by atoms with Crippen molar-refractivity contribution >= 4 is 28.9 Å². The molecule has 0 aromatic heterocycles. The van der Waals surface area contributed by atoms with Crippen molar-refractivity contribution in [2.45, 2.75) is 12.8 Å². The Hall–Kier alpha value is -1.18. The Kier molecular flexibility index (Phi) is 3.19. The van der Waals surface area contributed by atoms with Crippen molar-refractivity contribution in [1.82, 2.24) is 0 Å². The van der Waals surface area contributed by atoms with Gasteiger partial charge in [-0.25, -0.2) is 0 Å². The van der Waals surface area contributed by atoms with Gasteiger partial charge in [-0.1, -0.05) is 29.3 Å². The molecule has 0 atom stereocenters. The van der Waals surface area contributed by atoms with Crippen molar-refractivity contribution in [2.75, 3.05) is 11.9 Å². The van der Waals surface area contributed by atoms with Crippen LogP contribution in [0.15, 0.2) is 36.4 Å². The number of rotatable bonds is 1. The third-order valence-electron chi connectivity index (χ3n) is 3.24. The number of fused-ring (bicyclic) bond motifs is 1. The third-order valence-corrected chi connectivity index (χ3v) is 3.68. The maximum absolute atomic E-state index is 6.05. The van der Waals surface area contributed by atoms with Gasteiger partial charge in [0.25, 0.3) is 0 Å². The summed E-state index contributed by atoms with van der Waals surface area (Å²) in [5.74, 6) is 0. The molecule has 0 saturated carbocycles. The number of benzene rings is 2. The maximum Gasteiger partial charge on any atom is 0.0426 e. The first-order valence-electron chi connectivity index (χ1n) is 6.06. The molecule has 0 saturated heterocycles. The molecule has 3 heteroatoms. The van der Waals surface area contributed by atoms with E-state index in [0.717, 1.165) is 18.5 Å². The van der Waals surface area contributed by atoms with Crippen molar-refractivity contribution in [3.05, 3.63) is 52.0 Å². The molecule has 2 aromatic rings. The monoisotopic (exact) mass is 277 g/mol. The van der Waals surface area contributed by atoms with Crippen molar-refractivity contribution in [1.29, 1.82) is 0 Å². The SMILES string of the molecule is Clc1cc(Cl)cc(-c2ccc3c(c2)CCCN3)c1. The second-order valence-electron chi connectivity index (χ2n) is 4.56. The number of hydrogen-bond donors (Lipinski definition) is 1. The minimum absolute atomic E-state index is 0.674. The molecule has 3 rings (SSSR count). The van der Waals surface area contributed by atoms with Crippen LogP contribution in [0, 0.1) is 0 Å². The van der Waals surface area contributed by atoms with Gasteiger partial charge in [0.05, 0.1) is 0 Å². The minimum atomic E-state index is 0.674. The standard InChI is InChI=1S/C15H13Cl2N/c16-13-7-12(8-14(17)9-13)10-3-4-15-11(6-10)2-1-5-18-15/h3-4,6-9,18H,1-2,5H2. The molecule has 0 fully saturated rings. The maximum atomic E-state index is 6.05. The Balaban J connectivity index is 2.06. The van der Waals surface area contributed by atoms with Crippen LogP contribution in [0.3, 0.4) is 0 Å². The van der Waals surface area contributed by atoms with Crippen LogP contribution < -0.4 is 5.32 Å². The lowest BCUT2D eigenvalue weighted by atomic mass is 9.97. The smallest absolute Gasteiger partial charge is 0.0426 e. The average Bonchev–Trinajstić information content (AvgIpc) is 2.37. The molecule has 1 aliphatic heterocycles. The Morgan fingerprint density at radius 3 is 2.44 bits per heavy atom. The van der Waals surface area contributed by atoms with Crippen LogP contribution in [0.2, 0.25) is 10.0 Å². The summed E-state index contributed by atoms with van der Waals surface area (Å²) >= 11 is 12.1. The molecule has 1 N–H and O–H groups in total. The highest BCUT2D eigenvalue weighted by atomic mass is 35.5. The molecule has 0 aliphatic carbocycles. The van der Waals surface area contributed by atoms with E-state index in [0.29, 0.717) is 10.0 Å². The lowest BCUT2D eigenvalue weighted by molar-refractivity contribution is 0.830. The number of nitrogens with one attached hydrogen (secondary N) is 1. The molecule has 92 valence electrons. The Bertz CT molecular complexity index is 573. The van der Waals surface area contributed by atoms with E-state index in [4.69, 9.17) is 23.2 Å². The summed E-state index contributed by atoms with van der Waals surface area (Å²) < 4.78 is 0. The highest BCUT2D eigenvalue weighted by molar-refractivity contribution is 6.35. The van der Waals surface area contributed by atoms with Crippen molar-refractivity contribution in [2.24, 2.45) is 0 Å². The van der Waals surface area contributed by atoms with Crippen LogP contribution in [0.5, 0.6) is 0 Å². The van der Waals surface area contributed by atoms with E-state index >= 15 is 0 Å². The summed E-state index contributed by atoms with van der Waals surface area (Å²) in [5, 5.41) is 4.76. The number of aryl methyl sites for hydroxylation is 1. The van der Waals surface area contributed by atoms with Crippen LogP contribution in [-0.4, -0.2) is 6.54 Å². The second-order valence-corrected chi connectivity index (χ2v) is 5.43. The predicted molar refractivity (Wildman–Crippen MR) is 78.7 cm³/mol. The van der Waals surface area contributed by atoms with Gasteiger partial charge in [0, 0.05) is 22.3 Å². The van der Waals surface area contributed by atoms with Crippen LogP contribution in [0.4, 0.5) is 5.69 Å². The normalized spacial score (nSPS) is 13.9. The summed E-state index contributed by atoms with van der Waals surface area (Å²) in [4.78, 5) is 0. The van der Waals surface area contributed by atoms with E-state index in [2.05, 4.69) is 23.5 Å². The minimum Gasteiger partial charge on any atom is -0.385 e. The van der Waals surface area contributed by atoms with Crippen LogP contribution in [0.25, 0.3) is 11.1 Å². The summed E-state index contributed by atoms with van der Waals surface area (Å²) in [6, 6.07) is 12.1. The fraction of sp³-hybridized carbons (Fsp3) is 0.200. The molecular weight excluding hydrogens is 265 g/mol. The zero-order chi connectivity index (χ0) is 12.5. The number of hydrogen-bond acceptors (Lipinski definition) is 1. The Morgan fingerprint density at radius 1 is 0.889 bits per heavy atom. The fourth-order valence-electron chi connectivity index (χ4n) is 2.37. The van der Waals surface area contributed by atoms with Gasteiger partial charge in [0.1, 0.15) is 0 Å². The summed E-state index contributed by atoms with van der Waals surface area (Å²) in [6.45, 7) is 1.06. The highest BCUT2D eigenvalue weighted by Gasteiger charge is 2.10. The molecule has 1 aliphatic rings. The fourth-order valence-corrected chi connectivity index (χ4v) is 2.90. The summed E-state index contributed by atoms with van der Waals surface area (Å²) in [6.07, 6.45) is 2.32. The van der Waals surface area contributed by atoms with Gasteiger partial charge in [-0.2, -0.15) is 0 Å². The molecular formula is C15H13Cl2N. The van der Waals surface area contributed by atoms with E-state index in [-0.39, 0.29) is 0 Å². The van der Waals surface area contributed by atoms with Gasteiger partial charge in [-0.05, 0) is 59.9 Å². The molecule has 18 heavy (non-hydrogen) atoms. The molecule has 1 heterocycles. The van der Waals surface area contributed by atoms with Gasteiger partial charge < -0.3 is 5.32 Å². The molecule has 2 aromatic carbocycles. The largest absolute Gasteiger partial charge is 0.385 e. The highest BCUT2D eigenvalue weighted by Crippen LogP contribution is 2.31. The van der Waals surface area contributed by atoms with E-state index in [9.17, 15) is 0 Å². The van der Waals surface area contributed by atoms with Crippen molar-refractivity contribution in [3.63, 3.8) is 0 Å². The van der Waals surface area contributed by atoms with Crippen LogP contribution in [0.1, 0.15) is 12.0 Å². The third kappa shape index (κ3) is 2.33. The number of anilines is 1. The zero-order valence-corrected chi connectivity index (χ0v) is 11.4. The Morgan fingerprint density at radius 2 is 1.67 bits per heavy atom. The number of halogens is 2. The van der Waals surface area contributed by atoms with Crippen LogP contribution >= 0.6 is 23.2 Å². The quantitative estimate of drug-likeness (QED) is 0.772. The Labute approximate surface area is 117 Å². The van der Waals surface area contributed by atoms with Crippen molar-refractivity contribution < 1.29 is 0 Å². The predicted octanol–water partition coefficient (Wildman–Crippen LogP) is 5.02. The van der Waals surface area contributed by atoms with Gasteiger partial charge in [-0.15, -0.1) is 0 Å². The van der Waals surface area contributed by atoms with Crippen LogP contribution in [-0.2, 0) is 6.42 Å². The molecule has 1 nitrogen and oxygen atoms in total. The van der Waals surface area contributed by atoms with Gasteiger partial charge in [0.15, 0.2) is 0 Å². The first-order valence-corrected chi connectivity index (χ1v) is 6.81. The van der Waals surface area contributed by atoms with E-state index in [1.54, 1.807) is 6.07 Å². The lowest BCUT2D eigenvalue weighted by Crippen LogP contribution is -2.11. The van der Waals surface area contributed by atoms with Gasteiger partial charge >= 0.3 is 0 Å². The lowest BCUT2D eigenvalue weighted by Gasteiger charge is -2.18. The van der Waals surface area contributed by atoms with Crippen molar-refractivity contribution in [3.8, 4) is 11.1 Å². The molecule has 0 spiro atoms. The topological polar surface area (TPSA) is 12.0 Å². The average molecular weight is 278 g/mol. The van der Waals surface area contributed by atoms with Gasteiger partial charge in [-0.3, -0.25) is 0 Å². The van der Waals surface area contributed by atoms with Gasteiger partial charge in [0.2, 0.25) is 0 Å². The molecule has 0 radical (unpaired) electrons. The molecule has 0 unspecified atom stereocenters. The first kappa shape index (κ1) is 11.9.